The van der Waals surface area contributed by atoms with Crippen LogP contribution in [0.4, 0.5) is 5.69 Å². The molecule has 2 aromatic rings. The van der Waals surface area contributed by atoms with E-state index in [1.54, 1.807) is 18.2 Å². The van der Waals surface area contributed by atoms with E-state index < -0.39 is 15.6 Å². The number of H-pyrrole nitrogens is 1. The second kappa shape index (κ2) is 5.07. The van der Waals surface area contributed by atoms with Crippen LogP contribution >= 0.6 is 11.6 Å². The summed E-state index contributed by atoms with van der Waals surface area (Å²) >= 11 is 5.61. The number of anilines is 1. The van der Waals surface area contributed by atoms with Gasteiger partial charge in [-0.25, -0.2) is 8.42 Å². The molecule has 0 unspecified atom stereocenters. The Balaban J connectivity index is 2.37. The smallest absolute Gasteiger partial charge is 0.266 e. The molecule has 0 aliphatic carbocycles. The van der Waals surface area contributed by atoms with Crippen LogP contribution in [0.3, 0.4) is 0 Å². The molecule has 1 aromatic heterocycles. The van der Waals surface area contributed by atoms with Crippen molar-refractivity contribution in [1.82, 2.24) is 4.98 Å². The van der Waals surface area contributed by atoms with Gasteiger partial charge in [0.05, 0.1) is 0 Å². The predicted octanol–water partition coefficient (Wildman–Crippen LogP) is 2.14. The zero-order chi connectivity index (χ0) is 14.0. The largest absolute Gasteiger partial charge is 0.326 e. The minimum Gasteiger partial charge on any atom is -0.326 e. The van der Waals surface area contributed by atoms with E-state index in [-0.39, 0.29) is 9.92 Å². The van der Waals surface area contributed by atoms with Crippen molar-refractivity contribution in [2.24, 2.45) is 0 Å². The summed E-state index contributed by atoms with van der Waals surface area (Å²) < 4.78 is 26.6. The number of halogens is 1. The first-order valence-electron chi connectivity index (χ1n) is 5.36. The lowest BCUT2D eigenvalue weighted by Gasteiger charge is -2.08. The molecule has 19 heavy (non-hydrogen) atoms. The van der Waals surface area contributed by atoms with Gasteiger partial charge in [0.2, 0.25) is 0 Å². The number of aromatic nitrogens is 1. The fourth-order valence-corrected chi connectivity index (χ4v) is 2.79. The maximum Gasteiger partial charge on any atom is 0.266 e. The Kier molecular flexibility index (Phi) is 3.64. The van der Waals surface area contributed by atoms with Crippen LogP contribution < -0.4 is 10.3 Å². The normalized spacial score (nSPS) is 11.3. The van der Waals surface area contributed by atoms with Crippen LogP contribution in [0.2, 0.25) is 5.02 Å². The molecule has 0 atom stereocenters. The topological polar surface area (TPSA) is 79.0 Å². The number of benzene rings is 1. The zero-order valence-corrected chi connectivity index (χ0v) is 11.5. The quantitative estimate of drug-likeness (QED) is 0.911. The molecule has 0 amide bonds. The lowest BCUT2D eigenvalue weighted by atomic mass is 10.2. The van der Waals surface area contributed by atoms with E-state index in [0.29, 0.717) is 5.69 Å². The number of aryl methyl sites for hydroxylation is 1. The van der Waals surface area contributed by atoms with Gasteiger partial charge in [0.15, 0.2) is 0 Å². The average Bonchev–Trinajstić information content (AvgIpc) is 2.32. The standard InChI is InChI=1S/C12H11ClN2O3S/c1-8-3-2-4-9(5-8)15-19(17,18)10-6-11(13)12(16)14-7-10/h2-7,15H,1H3,(H,14,16). The van der Waals surface area contributed by atoms with Crippen LogP contribution in [0.25, 0.3) is 0 Å². The van der Waals surface area contributed by atoms with Gasteiger partial charge in [-0.3, -0.25) is 9.52 Å². The number of hydrogen-bond acceptors (Lipinski definition) is 3. The Morgan fingerprint density at radius 2 is 2.00 bits per heavy atom. The lowest BCUT2D eigenvalue weighted by molar-refractivity contribution is 0.600. The van der Waals surface area contributed by atoms with Gasteiger partial charge in [-0.1, -0.05) is 23.7 Å². The highest BCUT2D eigenvalue weighted by Gasteiger charge is 2.15. The number of hydrogen-bond donors (Lipinski definition) is 2. The first-order valence-corrected chi connectivity index (χ1v) is 7.22. The van der Waals surface area contributed by atoms with Crippen molar-refractivity contribution in [2.75, 3.05) is 4.72 Å². The number of sulfonamides is 1. The van der Waals surface area contributed by atoms with Gasteiger partial charge in [0.25, 0.3) is 15.6 Å². The van der Waals surface area contributed by atoms with Gasteiger partial charge >= 0.3 is 0 Å². The Morgan fingerprint density at radius 3 is 2.63 bits per heavy atom. The Bertz CT molecular complexity index is 769. The molecule has 7 heteroatoms. The lowest BCUT2D eigenvalue weighted by Crippen LogP contribution is -2.16. The maximum absolute atomic E-state index is 12.1. The van der Waals surface area contributed by atoms with Crippen LogP contribution in [0.1, 0.15) is 5.56 Å². The molecule has 1 aromatic carbocycles. The van der Waals surface area contributed by atoms with Gasteiger partial charge in [-0.15, -0.1) is 0 Å². The SMILES string of the molecule is Cc1cccc(NS(=O)(=O)c2c[nH]c(=O)c(Cl)c2)c1. The monoisotopic (exact) mass is 298 g/mol. The second-order valence-electron chi connectivity index (χ2n) is 3.99. The second-order valence-corrected chi connectivity index (χ2v) is 6.08. The van der Waals surface area contributed by atoms with Crippen LogP contribution in [-0.2, 0) is 10.0 Å². The molecular weight excluding hydrogens is 288 g/mol. The molecule has 5 nitrogen and oxygen atoms in total. The van der Waals surface area contributed by atoms with E-state index >= 15 is 0 Å². The van der Waals surface area contributed by atoms with Crippen molar-refractivity contribution in [2.45, 2.75) is 11.8 Å². The molecule has 0 radical (unpaired) electrons. The number of nitrogens with one attached hydrogen (secondary N) is 2. The highest BCUT2D eigenvalue weighted by Crippen LogP contribution is 2.17. The van der Waals surface area contributed by atoms with Crippen molar-refractivity contribution >= 4 is 27.3 Å². The van der Waals surface area contributed by atoms with Crippen LogP contribution in [0, 0.1) is 6.92 Å². The van der Waals surface area contributed by atoms with Gasteiger partial charge in [-0.05, 0) is 30.7 Å². The van der Waals surface area contributed by atoms with E-state index in [4.69, 9.17) is 11.6 Å². The fourth-order valence-electron chi connectivity index (χ4n) is 1.52. The first kappa shape index (κ1) is 13.6. The van der Waals surface area contributed by atoms with Gasteiger partial charge in [-0.2, -0.15) is 0 Å². The van der Waals surface area contributed by atoms with E-state index in [9.17, 15) is 13.2 Å². The summed E-state index contributed by atoms with van der Waals surface area (Å²) in [5.41, 5.74) is 0.846. The number of rotatable bonds is 3. The highest BCUT2D eigenvalue weighted by atomic mass is 35.5. The maximum atomic E-state index is 12.1. The molecule has 1 heterocycles. The minimum atomic E-state index is -3.77. The summed E-state index contributed by atoms with van der Waals surface area (Å²) in [5.74, 6) is 0. The van der Waals surface area contributed by atoms with Crippen LogP contribution in [0.15, 0.2) is 46.2 Å². The molecule has 2 rings (SSSR count). The van der Waals surface area contributed by atoms with E-state index in [2.05, 4.69) is 9.71 Å². The van der Waals surface area contributed by atoms with E-state index in [1.807, 2.05) is 13.0 Å². The van der Waals surface area contributed by atoms with Gasteiger partial charge in [0.1, 0.15) is 9.92 Å². The molecule has 0 bridgehead atoms. The predicted molar refractivity (Wildman–Crippen MR) is 74.1 cm³/mol. The molecular formula is C12H11ClN2O3S. The van der Waals surface area contributed by atoms with Crippen molar-refractivity contribution < 1.29 is 8.42 Å². The highest BCUT2D eigenvalue weighted by molar-refractivity contribution is 7.92. The van der Waals surface area contributed by atoms with Gasteiger partial charge < -0.3 is 4.98 Å². The molecule has 0 aliphatic heterocycles. The van der Waals surface area contributed by atoms with E-state index in [1.165, 1.54) is 0 Å². The van der Waals surface area contributed by atoms with Crippen molar-refractivity contribution in [3.05, 3.63) is 57.5 Å². The van der Waals surface area contributed by atoms with Crippen molar-refractivity contribution in [3.8, 4) is 0 Å². The third kappa shape index (κ3) is 3.15. The van der Waals surface area contributed by atoms with Crippen molar-refractivity contribution in [3.63, 3.8) is 0 Å². The van der Waals surface area contributed by atoms with E-state index in [0.717, 1.165) is 17.8 Å². The molecule has 0 spiro atoms. The Hall–Kier alpha value is -1.79. The Morgan fingerprint density at radius 1 is 1.26 bits per heavy atom. The molecule has 2 N–H and O–H groups in total. The first-order chi connectivity index (χ1) is 8.88. The zero-order valence-electron chi connectivity index (χ0n) is 9.98. The number of pyridine rings is 1. The summed E-state index contributed by atoms with van der Waals surface area (Å²) in [4.78, 5) is 13.3. The number of aromatic amines is 1. The molecule has 0 fully saturated rings. The fraction of sp³-hybridized carbons (Fsp3) is 0.0833. The molecule has 100 valence electrons. The summed E-state index contributed by atoms with van der Waals surface area (Å²) in [5, 5.41) is -0.174. The van der Waals surface area contributed by atoms with Crippen LogP contribution in [-0.4, -0.2) is 13.4 Å². The Labute approximate surface area is 115 Å². The van der Waals surface area contributed by atoms with Crippen LogP contribution in [0.5, 0.6) is 0 Å². The third-order valence-electron chi connectivity index (χ3n) is 2.41. The van der Waals surface area contributed by atoms with Crippen molar-refractivity contribution in [1.29, 1.82) is 0 Å². The summed E-state index contributed by atoms with van der Waals surface area (Å²) in [7, 11) is -3.77. The third-order valence-corrected chi connectivity index (χ3v) is 4.05. The molecule has 0 saturated carbocycles. The van der Waals surface area contributed by atoms with Gasteiger partial charge in [0, 0.05) is 11.9 Å². The summed E-state index contributed by atoms with van der Waals surface area (Å²) in [6.45, 7) is 1.86. The summed E-state index contributed by atoms with van der Waals surface area (Å²) in [6.07, 6.45) is 1.10. The average molecular weight is 299 g/mol. The molecule has 0 saturated heterocycles. The summed E-state index contributed by atoms with van der Waals surface area (Å²) in [6, 6.07) is 8.04. The molecule has 0 aliphatic rings. The minimum absolute atomic E-state index is 0.0985.